The quantitative estimate of drug-likeness (QED) is 0.804. The minimum atomic E-state index is -0.691. The van der Waals surface area contributed by atoms with E-state index in [1.807, 2.05) is 6.20 Å². The Morgan fingerprint density at radius 1 is 1.67 bits per heavy atom. The van der Waals surface area contributed by atoms with Gasteiger partial charge in [-0.1, -0.05) is 13.8 Å². The average Bonchev–Trinajstić information content (AvgIpc) is 2.59. The summed E-state index contributed by atoms with van der Waals surface area (Å²) in [7, 11) is 0. The van der Waals surface area contributed by atoms with E-state index in [9.17, 15) is 4.79 Å². The zero-order valence-electron chi connectivity index (χ0n) is 9.10. The Labute approximate surface area is 88.9 Å². The molecule has 0 saturated heterocycles. The first-order valence-corrected chi connectivity index (χ1v) is 5.36. The van der Waals surface area contributed by atoms with Crippen LogP contribution in [0.4, 0.5) is 0 Å². The van der Waals surface area contributed by atoms with Gasteiger partial charge in [0.2, 0.25) is 0 Å². The number of hydrogen-bond acceptors (Lipinski definition) is 2. The maximum Gasteiger partial charge on any atom is 0.308 e. The second-order valence-corrected chi connectivity index (χ2v) is 4.45. The van der Waals surface area contributed by atoms with Crippen molar-refractivity contribution in [2.45, 2.75) is 39.2 Å². The molecule has 0 radical (unpaired) electrons. The van der Waals surface area contributed by atoms with E-state index in [2.05, 4.69) is 23.4 Å². The molecule has 1 aromatic heterocycles. The van der Waals surface area contributed by atoms with Crippen molar-refractivity contribution in [3.8, 4) is 0 Å². The van der Waals surface area contributed by atoms with Crippen molar-refractivity contribution in [1.82, 2.24) is 9.55 Å². The van der Waals surface area contributed by atoms with Gasteiger partial charge in [-0.05, 0) is 12.8 Å². The molecule has 0 aliphatic carbocycles. The highest BCUT2D eigenvalue weighted by Crippen LogP contribution is 2.24. The summed E-state index contributed by atoms with van der Waals surface area (Å²) in [6.07, 6.45) is 3.45. The fourth-order valence-electron chi connectivity index (χ4n) is 2.13. The van der Waals surface area contributed by atoms with Gasteiger partial charge in [0, 0.05) is 24.4 Å². The van der Waals surface area contributed by atoms with E-state index in [0.717, 1.165) is 18.7 Å². The van der Waals surface area contributed by atoms with E-state index in [0.29, 0.717) is 12.5 Å². The highest BCUT2D eigenvalue weighted by atomic mass is 16.4. The third-order valence-electron chi connectivity index (χ3n) is 2.99. The van der Waals surface area contributed by atoms with E-state index >= 15 is 0 Å². The summed E-state index contributed by atoms with van der Waals surface area (Å²) in [5.41, 5.74) is 1.18. The number of fused-ring (bicyclic) bond motifs is 1. The van der Waals surface area contributed by atoms with E-state index in [4.69, 9.17) is 5.11 Å². The minimum absolute atomic E-state index is 0.246. The van der Waals surface area contributed by atoms with Crippen LogP contribution >= 0.6 is 0 Å². The molecule has 0 saturated carbocycles. The van der Waals surface area contributed by atoms with Gasteiger partial charge in [-0.15, -0.1) is 0 Å². The van der Waals surface area contributed by atoms with Crippen LogP contribution in [-0.2, 0) is 17.8 Å². The first-order chi connectivity index (χ1) is 7.09. The Kier molecular flexibility index (Phi) is 2.50. The third-order valence-corrected chi connectivity index (χ3v) is 2.99. The van der Waals surface area contributed by atoms with Crippen molar-refractivity contribution < 1.29 is 9.90 Å². The summed E-state index contributed by atoms with van der Waals surface area (Å²) in [6, 6.07) is 0. The van der Waals surface area contributed by atoms with E-state index < -0.39 is 5.97 Å². The average molecular weight is 208 g/mol. The fourth-order valence-corrected chi connectivity index (χ4v) is 2.13. The van der Waals surface area contributed by atoms with Crippen LogP contribution in [0.2, 0.25) is 0 Å². The maximum absolute atomic E-state index is 10.9. The van der Waals surface area contributed by atoms with Crippen LogP contribution in [0.15, 0.2) is 6.20 Å². The number of nitrogens with zero attached hydrogens (tertiary/aromatic N) is 2. The molecule has 4 nitrogen and oxygen atoms in total. The van der Waals surface area contributed by atoms with Gasteiger partial charge in [0.1, 0.15) is 5.82 Å². The van der Waals surface area contributed by atoms with Gasteiger partial charge in [-0.2, -0.15) is 0 Å². The van der Waals surface area contributed by atoms with Gasteiger partial charge >= 0.3 is 5.97 Å². The van der Waals surface area contributed by atoms with Crippen molar-refractivity contribution in [3.63, 3.8) is 0 Å². The van der Waals surface area contributed by atoms with Crippen molar-refractivity contribution in [3.05, 3.63) is 17.7 Å². The fraction of sp³-hybridized carbons (Fsp3) is 0.636. The third kappa shape index (κ3) is 1.76. The van der Waals surface area contributed by atoms with Gasteiger partial charge < -0.3 is 9.67 Å². The lowest BCUT2D eigenvalue weighted by molar-refractivity contribution is -0.142. The van der Waals surface area contributed by atoms with E-state index in [1.165, 1.54) is 5.69 Å². The minimum Gasteiger partial charge on any atom is -0.481 e. The molecule has 15 heavy (non-hydrogen) atoms. The summed E-state index contributed by atoms with van der Waals surface area (Å²) in [6.45, 7) is 4.75. The Morgan fingerprint density at radius 3 is 3.00 bits per heavy atom. The molecule has 82 valence electrons. The number of aromatic nitrogens is 2. The van der Waals surface area contributed by atoms with Crippen LogP contribution < -0.4 is 0 Å². The molecular weight excluding hydrogens is 192 g/mol. The van der Waals surface area contributed by atoms with Gasteiger partial charge in [-0.3, -0.25) is 4.79 Å². The van der Waals surface area contributed by atoms with Crippen molar-refractivity contribution in [2.75, 3.05) is 0 Å². The summed E-state index contributed by atoms with van der Waals surface area (Å²) in [5, 5.41) is 9.00. The number of rotatable bonds is 2. The number of hydrogen-bond donors (Lipinski definition) is 1. The topological polar surface area (TPSA) is 55.1 Å². The van der Waals surface area contributed by atoms with Crippen molar-refractivity contribution in [2.24, 2.45) is 5.92 Å². The molecule has 1 aliphatic heterocycles. The predicted molar refractivity (Wildman–Crippen MR) is 55.8 cm³/mol. The normalized spacial score (nSPS) is 20.3. The zero-order valence-corrected chi connectivity index (χ0v) is 9.10. The number of carboxylic acids is 1. The molecule has 0 aromatic carbocycles. The lowest BCUT2D eigenvalue weighted by atomic mass is 9.98. The molecule has 1 aliphatic rings. The predicted octanol–water partition coefficient (Wildman–Crippen LogP) is 1.65. The van der Waals surface area contributed by atoms with E-state index in [-0.39, 0.29) is 5.92 Å². The van der Waals surface area contributed by atoms with Gasteiger partial charge in [0.15, 0.2) is 0 Å². The first kappa shape index (κ1) is 10.2. The molecule has 0 fully saturated rings. The van der Waals surface area contributed by atoms with Crippen LogP contribution in [0.1, 0.15) is 37.7 Å². The summed E-state index contributed by atoms with van der Waals surface area (Å²) < 4.78 is 2.08. The van der Waals surface area contributed by atoms with Crippen LogP contribution in [-0.4, -0.2) is 20.6 Å². The monoisotopic (exact) mass is 208 g/mol. The van der Waals surface area contributed by atoms with Crippen LogP contribution in [0, 0.1) is 5.92 Å². The summed E-state index contributed by atoms with van der Waals surface area (Å²) in [5.74, 6) is 0.426. The van der Waals surface area contributed by atoms with Crippen LogP contribution in [0.25, 0.3) is 0 Å². The number of aryl methyl sites for hydroxylation is 1. The molecule has 1 atom stereocenters. The number of carboxylic acid groups (broad SMARTS) is 1. The lowest BCUT2D eigenvalue weighted by Gasteiger charge is -2.23. The summed E-state index contributed by atoms with van der Waals surface area (Å²) >= 11 is 0. The Hall–Kier alpha value is -1.32. The Balaban J connectivity index is 2.30. The van der Waals surface area contributed by atoms with E-state index in [1.54, 1.807) is 0 Å². The van der Waals surface area contributed by atoms with Crippen LogP contribution in [0.3, 0.4) is 0 Å². The lowest BCUT2D eigenvalue weighted by Crippen LogP contribution is -2.27. The number of aliphatic carboxylic acids is 1. The second-order valence-electron chi connectivity index (χ2n) is 4.45. The first-order valence-electron chi connectivity index (χ1n) is 5.36. The van der Waals surface area contributed by atoms with Crippen molar-refractivity contribution >= 4 is 5.97 Å². The SMILES string of the molecule is CC(C)c1ncc2n1CC(C(=O)O)CC2. The molecule has 1 aromatic rings. The molecular formula is C11H16N2O2. The number of imidazole rings is 1. The standard InChI is InChI=1S/C11H16N2O2/c1-7(2)10-12-5-9-4-3-8(11(14)15)6-13(9)10/h5,7-8H,3-4,6H2,1-2H3,(H,14,15). The Bertz CT molecular complexity index is 382. The molecule has 0 spiro atoms. The summed E-state index contributed by atoms with van der Waals surface area (Å²) in [4.78, 5) is 15.3. The highest BCUT2D eigenvalue weighted by Gasteiger charge is 2.26. The largest absolute Gasteiger partial charge is 0.481 e. The smallest absolute Gasteiger partial charge is 0.308 e. The molecule has 1 N–H and O–H groups in total. The molecule has 0 amide bonds. The molecule has 2 rings (SSSR count). The number of carbonyl (C=O) groups is 1. The van der Waals surface area contributed by atoms with Gasteiger partial charge in [0.05, 0.1) is 5.92 Å². The van der Waals surface area contributed by atoms with Crippen molar-refractivity contribution in [1.29, 1.82) is 0 Å². The maximum atomic E-state index is 10.9. The Morgan fingerprint density at radius 2 is 2.40 bits per heavy atom. The van der Waals surface area contributed by atoms with Gasteiger partial charge in [0.25, 0.3) is 0 Å². The van der Waals surface area contributed by atoms with Crippen LogP contribution in [0.5, 0.6) is 0 Å². The molecule has 0 bridgehead atoms. The van der Waals surface area contributed by atoms with Gasteiger partial charge in [-0.25, -0.2) is 4.98 Å². The highest BCUT2D eigenvalue weighted by molar-refractivity contribution is 5.70. The molecule has 2 heterocycles. The zero-order chi connectivity index (χ0) is 11.0. The molecule has 1 unspecified atom stereocenters. The second kappa shape index (κ2) is 3.68. The molecule has 4 heteroatoms.